The molecule has 0 fully saturated rings. The summed E-state index contributed by atoms with van der Waals surface area (Å²) in [6.45, 7) is -2.87. The van der Waals surface area contributed by atoms with Gasteiger partial charge < -0.3 is 4.74 Å². The largest absolute Gasteiger partial charge is 0.432 e. The summed E-state index contributed by atoms with van der Waals surface area (Å²) in [4.78, 5) is 8.10. The fourth-order valence-electron chi connectivity index (χ4n) is 2.82. The fourth-order valence-corrected chi connectivity index (χ4v) is 2.82. The van der Waals surface area contributed by atoms with Crippen molar-refractivity contribution < 1.29 is 22.3 Å². The lowest BCUT2D eigenvalue weighted by Crippen LogP contribution is -2.04. The van der Waals surface area contributed by atoms with Gasteiger partial charge in [-0.05, 0) is 35.4 Å². The maximum Gasteiger partial charge on any atom is 0.387 e. The second-order valence-corrected chi connectivity index (χ2v) is 5.97. The first-order valence-electron chi connectivity index (χ1n) is 8.15. The number of ether oxygens (including phenoxy) is 1. The molecule has 142 valence electrons. The minimum absolute atomic E-state index is 0.266. The van der Waals surface area contributed by atoms with Gasteiger partial charge in [-0.3, -0.25) is 14.6 Å². The van der Waals surface area contributed by atoms with Gasteiger partial charge in [0.25, 0.3) is 0 Å². The van der Waals surface area contributed by atoms with Crippen LogP contribution in [0.5, 0.6) is 5.75 Å². The van der Waals surface area contributed by atoms with Crippen LogP contribution in [0, 0.1) is 11.6 Å². The highest BCUT2D eigenvalue weighted by Crippen LogP contribution is 2.29. The number of hydrogen-bond donors (Lipinski definition) is 0. The number of aromatic nitrogens is 4. The predicted molar refractivity (Wildman–Crippen MR) is 92.9 cm³/mol. The van der Waals surface area contributed by atoms with Crippen LogP contribution < -0.4 is 4.74 Å². The van der Waals surface area contributed by atoms with Crippen LogP contribution in [0.15, 0.2) is 55.1 Å². The van der Waals surface area contributed by atoms with E-state index >= 15 is 0 Å². The van der Waals surface area contributed by atoms with Gasteiger partial charge in [0, 0.05) is 18.0 Å². The van der Waals surface area contributed by atoms with E-state index in [-0.39, 0.29) is 6.54 Å². The Hall–Kier alpha value is -3.49. The number of alkyl halides is 2. The van der Waals surface area contributed by atoms with Gasteiger partial charge in [0.2, 0.25) is 0 Å². The van der Waals surface area contributed by atoms with Crippen molar-refractivity contribution in [1.82, 2.24) is 19.7 Å². The third-order valence-electron chi connectivity index (χ3n) is 4.07. The number of rotatable bonds is 5. The molecule has 0 bridgehead atoms. The zero-order chi connectivity index (χ0) is 19.7. The number of nitrogens with zero attached hydrogens (tertiary/aromatic N) is 4. The first-order chi connectivity index (χ1) is 13.5. The summed E-state index contributed by atoms with van der Waals surface area (Å²) >= 11 is 0. The predicted octanol–water partition coefficient (Wildman–Crippen LogP) is 4.42. The summed E-state index contributed by atoms with van der Waals surface area (Å²) in [6, 6.07) is 6.76. The number of hydrogen-bond acceptors (Lipinski definition) is 4. The molecule has 3 aromatic heterocycles. The Morgan fingerprint density at radius 3 is 2.61 bits per heavy atom. The Morgan fingerprint density at radius 2 is 1.82 bits per heavy atom. The Kier molecular flexibility index (Phi) is 4.64. The Labute approximate surface area is 156 Å². The van der Waals surface area contributed by atoms with E-state index in [1.807, 2.05) is 0 Å². The first-order valence-corrected chi connectivity index (χ1v) is 8.15. The summed E-state index contributed by atoms with van der Waals surface area (Å²) in [7, 11) is 0. The van der Waals surface area contributed by atoms with Crippen LogP contribution in [0.4, 0.5) is 17.6 Å². The second kappa shape index (κ2) is 7.26. The van der Waals surface area contributed by atoms with Gasteiger partial charge in [-0.1, -0.05) is 6.07 Å². The maximum absolute atomic E-state index is 13.7. The molecule has 0 unspecified atom stereocenters. The zero-order valence-corrected chi connectivity index (χ0v) is 14.2. The molecule has 9 heteroatoms. The molecule has 0 spiro atoms. The maximum atomic E-state index is 13.7. The number of pyridine rings is 2. The molecule has 4 rings (SSSR count). The van der Waals surface area contributed by atoms with Gasteiger partial charge in [0.05, 0.1) is 24.5 Å². The lowest BCUT2D eigenvalue weighted by Gasteiger charge is -2.09. The molecule has 0 aliphatic heterocycles. The summed E-state index contributed by atoms with van der Waals surface area (Å²) in [6.07, 6.45) is 5.72. The van der Waals surface area contributed by atoms with Crippen LogP contribution in [-0.4, -0.2) is 26.4 Å². The fraction of sp³-hybridized carbons (Fsp3) is 0.105. The molecule has 28 heavy (non-hydrogen) atoms. The van der Waals surface area contributed by atoms with Crippen molar-refractivity contribution in [2.75, 3.05) is 0 Å². The van der Waals surface area contributed by atoms with Crippen molar-refractivity contribution in [3.05, 3.63) is 72.3 Å². The van der Waals surface area contributed by atoms with E-state index in [2.05, 4.69) is 19.8 Å². The molecule has 5 nitrogen and oxygen atoms in total. The van der Waals surface area contributed by atoms with Crippen molar-refractivity contribution in [1.29, 1.82) is 0 Å². The highest BCUT2D eigenvalue weighted by molar-refractivity contribution is 5.80. The summed E-state index contributed by atoms with van der Waals surface area (Å²) in [5.41, 5.74) is 2.86. The standard InChI is InChI=1S/C19H12F4N4O/c20-14-3-11(6-24-8-14)10-27-17-4-13(7-25-16(17)9-26-27)12-1-2-15(21)18(5-12)28-19(22)23/h1-9,19H,10H2. The Balaban J connectivity index is 1.72. The first kappa shape index (κ1) is 17.9. The third kappa shape index (κ3) is 3.64. The molecule has 0 saturated carbocycles. The van der Waals surface area contributed by atoms with Gasteiger partial charge >= 0.3 is 6.61 Å². The van der Waals surface area contributed by atoms with Crippen molar-refractivity contribution in [2.24, 2.45) is 0 Å². The van der Waals surface area contributed by atoms with Gasteiger partial charge in [0.15, 0.2) is 11.6 Å². The minimum atomic E-state index is -3.13. The molecular formula is C19H12F4N4O. The smallest absolute Gasteiger partial charge is 0.387 e. The molecule has 0 N–H and O–H groups in total. The third-order valence-corrected chi connectivity index (χ3v) is 4.07. The van der Waals surface area contributed by atoms with Gasteiger partial charge in [-0.15, -0.1) is 0 Å². The second-order valence-electron chi connectivity index (χ2n) is 5.97. The van der Waals surface area contributed by atoms with Crippen LogP contribution in [0.3, 0.4) is 0 Å². The van der Waals surface area contributed by atoms with Crippen molar-refractivity contribution in [3.8, 4) is 16.9 Å². The van der Waals surface area contributed by atoms with Gasteiger partial charge in [0.1, 0.15) is 11.3 Å². The Morgan fingerprint density at radius 1 is 0.964 bits per heavy atom. The molecule has 0 saturated heterocycles. The molecule has 3 heterocycles. The normalized spacial score (nSPS) is 11.3. The molecule has 0 radical (unpaired) electrons. The topological polar surface area (TPSA) is 52.8 Å². The number of halogens is 4. The van der Waals surface area contributed by atoms with Crippen LogP contribution in [-0.2, 0) is 6.54 Å². The Bertz CT molecular complexity index is 1150. The molecular weight excluding hydrogens is 376 g/mol. The van der Waals surface area contributed by atoms with Crippen molar-refractivity contribution in [3.63, 3.8) is 0 Å². The van der Waals surface area contributed by atoms with Crippen LogP contribution in [0.2, 0.25) is 0 Å². The zero-order valence-electron chi connectivity index (χ0n) is 14.2. The number of benzene rings is 1. The highest BCUT2D eigenvalue weighted by atomic mass is 19.3. The minimum Gasteiger partial charge on any atom is -0.432 e. The van der Waals surface area contributed by atoms with E-state index in [0.717, 1.165) is 12.3 Å². The van der Waals surface area contributed by atoms with Crippen molar-refractivity contribution in [2.45, 2.75) is 13.2 Å². The number of fused-ring (bicyclic) bond motifs is 1. The molecule has 0 aliphatic carbocycles. The molecule has 0 aliphatic rings. The van der Waals surface area contributed by atoms with E-state index in [0.29, 0.717) is 27.7 Å². The van der Waals surface area contributed by atoms with E-state index in [4.69, 9.17) is 0 Å². The highest BCUT2D eigenvalue weighted by Gasteiger charge is 2.13. The average Bonchev–Trinajstić information content (AvgIpc) is 3.05. The van der Waals surface area contributed by atoms with E-state index in [9.17, 15) is 17.6 Å². The van der Waals surface area contributed by atoms with Crippen LogP contribution in [0.1, 0.15) is 5.56 Å². The molecule has 0 amide bonds. The monoisotopic (exact) mass is 388 g/mol. The van der Waals surface area contributed by atoms with Gasteiger partial charge in [-0.2, -0.15) is 13.9 Å². The van der Waals surface area contributed by atoms with E-state index in [1.165, 1.54) is 30.6 Å². The molecule has 1 aromatic carbocycles. The average molecular weight is 388 g/mol. The van der Waals surface area contributed by atoms with E-state index < -0.39 is 24.0 Å². The van der Waals surface area contributed by atoms with Crippen molar-refractivity contribution >= 4 is 11.0 Å². The summed E-state index contributed by atoms with van der Waals surface area (Å²) in [5, 5.41) is 4.25. The summed E-state index contributed by atoms with van der Waals surface area (Å²) in [5.74, 6) is -1.89. The van der Waals surface area contributed by atoms with Crippen LogP contribution in [0.25, 0.3) is 22.2 Å². The van der Waals surface area contributed by atoms with Crippen LogP contribution >= 0.6 is 0 Å². The van der Waals surface area contributed by atoms with Gasteiger partial charge in [-0.25, -0.2) is 8.78 Å². The lowest BCUT2D eigenvalue weighted by molar-refractivity contribution is -0.0521. The quantitative estimate of drug-likeness (QED) is 0.475. The SMILES string of the molecule is Fc1cncc(Cn2ncc3ncc(-c4ccc(F)c(OC(F)F)c4)cc32)c1. The summed E-state index contributed by atoms with van der Waals surface area (Å²) < 4.78 is 57.7. The molecule has 4 aromatic rings. The lowest BCUT2D eigenvalue weighted by atomic mass is 10.1. The molecule has 0 atom stereocenters. The van der Waals surface area contributed by atoms with E-state index in [1.54, 1.807) is 16.9 Å².